The number of carbonyl (C=O) groups is 1. The maximum atomic E-state index is 11.0. The van der Waals surface area contributed by atoms with Crippen LogP contribution in [0.2, 0.25) is 0 Å². The van der Waals surface area contributed by atoms with Crippen molar-refractivity contribution in [1.29, 1.82) is 0 Å². The molecule has 3 nitrogen and oxygen atoms in total. The molecule has 88 valence electrons. The summed E-state index contributed by atoms with van der Waals surface area (Å²) in [6, 6.07) is 7.04. The second-order valence-corrected chi connectivity index (χ2v) is 5.43. The topological polar surface area (TPSA) is 50.2 Å². The van der Waals surface area contributed by atoms with Crippen molar-refractivity contribution in [2.24, 2.45) is 0 Å². The van der Waals surface area contributed by atoms with E-state index in [-0.39, 0.29) is 0 Å². The largest absolute Gasteiger partial charge is 0.478 e. The third-order valence-corrected chi connectivity index (χ3v) is 4.37. The first-order chi connectivity index (χ1) is 8.16. The van der Waals surface area contributed by atoms with Crippen LogP contribution in [0.15, 0.2) is 34.5 Å². The van der Waals surface area contributed by atoms with E-state index < -0.39 is 5.97 Å². The summed E-state index contributed by atoms with van der Waals surface area (Å²) in [6.45, 7) is 1.95. The number of rotatable bonds is 4. The standard InChI is InChI=1S/C12H11NO2S2/c1-8-6-17-11(13-8)7-16-10-5-3-2-4-9(10)12(14)15/h2-6H,7H2,1H3,(H,14,15). The molecule has 0 atom stereocenters. The van der Waals surface area contributed by atoms with Crippen LogP contribution in [0.1, 0.15) is 21.1 Å². The van der Waals surface area contributed by atoms with Gasteiger partial charge in [0.2, 0.25) is 0 Å². The highest BCUT2D eigenvalue weighted by atomic mass is 32.2. The molecule has 0 aliphatic rings. The van der Waals surface area contributed by atoms with Gasteiger partial charge >= 0.3 is 5.97 Å². The number of thiazole rings is 1. The van der Waals surface area contributed by atoms with Gasteiger partial charge in [-0.1, -0.05) is 12.1 Å². The van der Waals surface area contributed by atoms with Crippen LogP contribution in [0.4, 0.5) is 0 Å². The molecule has 0 fully saturated rings. The van der Waals surface area contributed by atoms with Gasteiger partial charge in [-0.05, 0) is 19.1 Å². The number of hydrogen-bond donors (Lipinski definition) is 1. The van der Waals surface area contributed by atoms with E-state index in [1.807, 2.05) is 24.4 Å². The minimum absolute atomic E-state index is 0.353. The minimum Gasteiger partial charge on any atom is -0.478 e. The zero-order valence-electron chi connectivity index (χ0n) is 9.21. The summed E-state index contributed by atoms with van der Waals surface area (Å²) in [5.41, 5.74) is 1.36. The average Bonchev–Trinajstić information content (AvgIpc) is 2.73. The average molecular weight is 265 g/mol. The number of aromatic carboxylic acids is 1. The van der Waals surface area contributed by atoms with Crippen molar-refractivity contribution in [2.45, 2.75) is 17.6 Å². The molecule has 17 heavy (non-hydrogen) atoms. The number of benzene rings is 1. The van der Waals surface area contributed by atoms with Gasteiger partial charge < -0.3 is 5.11 Å². The fourth-order valence-corrected chi connectivity index (χ4v) is 3.21. The van der Waals surface area contributed by atoms with Crippen molar-refractivity contribution in [3.63, 3.8) is 0 Å². The Morgan fingerprint density at radius 2 is 2.24 bits per heavy atom. The van der Waals surface area contributed by atoms with E-state index in [2.05, 4.69) is 4.98 Å². The Kier molecular flexibility index (Phi) is 3.81. The van der Waals surface area contributed by atoms with Gasteiger partial charge in [0.25, 0.3) is 0 Å². The summed E-state index contributed by atoms with van der Waals surface area (Å²) < 4.78 is 0. The highest BCUT2D eigenvalue weighted by Crippen LogP contribution is 2.27. The first kappa shape index (κ1) is 12.1. The molecule has 0 spiro atoms. The van der Waals surface area contributed by atoms with Crippen molar-refractivity contribution >= 4 is 29.1 Å². The van der Waals surface area contributed by atoms with Crippen molar-refractivity contribution < 1.29 is 9.90 Å². The molecule has 0 radical (unpaired) electrons. The highest BCUT2D eigenvalue weighted by molar-refractivity contribution is 7.98. The molecule has 1 aromatic heterocycles. The first-order valence-corrected chi connectivity index (χ1v) is 6.89. The summed E-state index contributed by atoms with van der Waals surface area (Å²) in [4.78, 5) is 16.1. The van der Waals surface area contributed by atoms with Crippen molar-refractivity contribution in [3.8, 4) is 0 Å². The monoisotopic (exact) mass is 265 g/mol. The van der Waals surface area contributed by atoms with Gasteiger partial charge in [0, 0.05) is 16.0 Å². The number of carboxylic acids is 1. The molecule has 1 heterocycles. The number of nitrogens with zero attached hydrogens (tertiary/aromatic N) is 1. The lowest BCUT2D eigenvalue weighted by molar-refractivity contribution is 0.0693. The number of aryl methyl sites for hydroxylation is 1. The smallest absolute Gasteiger partial charge is 0.336 e. The van der Waals surface area contributed by atoms with E-state index in [9.17, 15) is 4.79 Å². The first-order valence-electron chi connectivity index (χ1n) is 5.03. The number of thioether (sulfide) groups is 1. The molecule has 1 aromatic carbocycles. The Hall–Kier alpha value is -1.33. The van der Waals surface area contributed by atoms with Gasteiger partial charge in [0.05, 0.1) is 11.3 Å². The number of aromatic nitrogens is 1. The van der Waals surface area contributed by atoms with Gasteiger partial charge in [-0.3, -0.25) is 0 Å². The molecular formula is C12H11NO2S2. The molecule has 0 unspecified atom stereocenters. The zero-order chi connectivity index (χ0) is 12.3. The van der Waals surface area contributed by atoms with Gasteiger partial charge in [-0.15, -0.1) is 23.1 Å². The van der Waals surface area contributed by atoms with Crippen LogP contribution in [-0.4, -0.2) is 16.1 Å². The van der Waals surface area contributed by atoms with E-state index in [0.717, 1.165) is 15.6 Å². The van der Waals surface area contributed by atoms with Crippen LogP contribution in [0, 0.1) is 6.92 Å². The van der Waals surface area contributed by atoms with Gasteiger partial charge in [0.15, 0.2) is 0 Å². The molecule has 1 N–H and O–H groups in total. The summed E-state index contributed by atoms with van der Waals surface area (Å²) in [5.74, 6) is -0.175. The lowest BCUT2D eigenvalue weighted by atomic mass is 10.2. The Morgan fingerprint density at radius 3 is 2.88 bits per heavy atom. The van der Waals surface area contributed by atoms with Gasteiger partial charge in [0.1, 0.15) is 5.01 Å². The van der Waals surface area contributed by atoms with Crippen LogP contribution in [-0.2, 0) is 5.75 Å². The van der Waals surface area contributed by atoms with Crippen LogP contribution in [0.25, 0.3) is 0 Å². The third kappa shape index (κ3) is 3.08. The van der Waals surface area contributed by atoms with Crippen LogP contribution in [0.5, 0.6) is 0 Å². The van der Waals surface area contributed by atoms with Crippen molar-refractivity contribution in [1.82, 2.24) is 4.98 Å². The lowest BCUT2D eigenvalue weighted by Gasteiger charge is -2.03. The Bertz CT molecular complexity index is 537. The Labute approximate surface area is 108 Å². The highest BCUT2D eigenvalue weighted by Gasteiger charge is 2.10. The molecule has 0 saturated heterocycles. The van der Waals surface area contributed by atoms with E-state index in [1.54, 1.807) is 23.5 Å². The Balaban J connectivity index is 2.11. The molecular weight excluding hydrogens is 254 g/mol. The van der Waals surface area contributed by atoms with E-state index in [0.29, 0.717) is 11.3 Å². The van der Waals surface area contributed by atoms with Crippen molar-refractivity contribution in [3.05, 3.63) is 45.9 Å². The molecule has 2 aromatic rings. The normalized spacial score (nSPS) is 10.4. The minimum atomic E-state index is -0.886. The molecule has 0 bridgehead atoms. The second-order valence-electron chi connectivity index (χ2n) is 3.47. The van der Waals surface area contributed by atoms with E-state index >= 15 is 0 Å². The summed E-state index contributed by atoms with van der Waals surface area (Å²) in [6.07, 6.45) is 0. The number of carboxylic acid groups (broad SMARTS) is 1. The van der Waals surface area contributed by atoms with Crippen LogP contribution >= 0.6 is 23.1 Å². The van der Waals surface area contributed by atoms with Crippen molar-refractivity contribution in [2.75, 3.05) is 0 Å². The van der Waals surface area contributed by atoms with Gasteiger partial charge in [-0.25, -0.2) is 9.78 Å². The molecule has 0 aliphatic carbocycles. The summed E-state index contributed by atoms with van der Waals surface area (Å²) in [7, 11) is 0. The molecule has 0 aliphatic heterocycles. The predicted molar refractivity (Wildman–Crippen MR) is 69.8 cm³/mol. The quantitative estimate of drug-likeness (QED) is 0.860. The van der Waals surface area contributed by atoms with E-state index in [1.165, 1.54) is 11.8 Å². The predicted octanol–water partition coefficient (Wildman–Crippen LogP) is 3.44. The molecule has 2 rings (SSSR count). The second kappa shape index (κ2) is 5.33. The lowest BCUT2D eigenvalue weighted by Crippen LogP contribution is -1.98. The zero-order valence-corrected chi connectivity index (χ0v) is 10.8. The molecule has 0 amide bonds. The third-order valence-electron chi connectivity index (χ3n) is 2.14. The fourth-order valence-electron chi connectivity index (χ4n) is 1.38. The van der Waals surface area contributed by atoms with Crippen LogP contribution < -0.4 is 0 Å². The maximum Gasteiger partial charge on any atom is 0.336 e. The Morgan fingerprint density at radius 1 is 1.47 bits per heavy atom. The SMILES string of the molecule is Cc1csc(CSc2ccccc2C(=O)O)n1. The number of hydrogen-bond acceptors (Lipinski definition) is 4. The molecule has 5 heteroatoms. The molecule has 0 saturated carbocycles. The fraction of sp³-hybridized carbons (Fsp3) is 0.167. The maximum absolute atomic E-state index is 11.0. The summed E-state index contributed by atoms with van der Waals surface area (Å²) in [5, 5.41) is 12.1. The summed E-state index contributed by atoms with van der Waals surface area (Å²) >= 11 is 3.11. The van der Waals surface area contributed by atoms with Crippen LogP contribution in [0.3, 0.4) is 0 Å². The van der Waals surface area contributed by atoms with E-state index in [4.69, 9.17) is 5.11 Å². The van der Waals surface area contributed by atoms with Gasteiger partial charge in [-0.2, -0.15) is 0 Å².